The molecule has 0 saturated heterocycles. The van der Waals surface area contributed by atoms with Gasteiger partial charge in [0.2, 0.25) is 5.95 Å². The van der Waals surface area contributed by atoms with Gasteiger partial charge in [-0.25, -0.2) is 4.98 Å². The number of rotatable bonds is 7. The molecule has 2 aromatic carbocycles. The third kappa shape index (κ3) is 3.82. The van der Waals surface area contributed by atoms with Crippen LogP contribution in [-0.2, 0) is 12.6 Å². The number of methoxy groups -OCH3 is 1. The number of aryl methyl sites for hydroxylation is 2. The van der Waals surface area contributed by atoms with E-state index in [0.29, 0.717) is 13.1 Å². The quantitative estimate of drug-likeness (QED) is 0.503. The molecule has 0 bridgehead atoms. The van der Waals surface area contributed by atoms with Crippen molar-refractivity contribution in [2.75, 3.05) is 30.8 Å². The van der Waals surface area contributed by atoms with Gasteiger partial charge in [0.15, 0.2) is 0 Å². The molecule has 0 aliphatic rings. The number of benzene rings is 2. The summed E-state index contributed by atoms with van der Waals surface area (Å²) in [5.41, 5.74) is 10.5. The zero-order valence-corrected chi connectivity index (χ0v) is 18.6. The summed E-state index contributed by atoms with van der Waals surface area (Å²) in [6.45, 7) is 7.66. The van der Waals surface area contributed by atoms with Crippen LogP contribution in [0.2, 0.25) is 0 Å². The fourth-order valence-electron chi connectivity index (χ4n) is 3.75. The van der Waals surface area contributed by atoms with Gasteiger partial charge in [-0.2, -0.15) is 0 Å². The molecule has 1 heterocycles. The topological polar surface area (TPSA) is 77.1 Å². The van der Waals surface area contributed by atoms with E-state index in [2.05, 4.69) is 64.0 Å². The summed E-state index contributed by atoms with van der Waals surface area (Å²) < 4.78 is 8.74. The number of ether oxygens (including phenoxy) is 1. The van der Waals surface area contributed by atoms with E-state index in [1.807, 2.05) is 25.2 Å². The summed E-state index contributed by atoms with van der Waals surface area (Å²) in [7, 11) is 3.72. The molecule has 3 aromatic rings. The van der Waals surface area contributed by atoms with Crippen LogP contribution in [0.15, 0.2) is 34.8 Å². The number of para-hydroxylation sites is 1. The summed E-state index contributed by atoms with van der Waals surface area (Å²) in [4.78, 5) is 4.82. The van der Waals surface area contributed by atoms with Gasteiger partial charge in [0.25, 0.3) is 0 Å². The number of nitrogens with one attached hydrogen (secondary N) is 2. The maximum Gasteiger partial charge on any atom is 0.204 e. The first-order chi connectivity index (χ1) is 13.3. The second-order valence-electron chi connectivity index (χ2n) is 7.43. The number of halogens is 1. The van der Waals surface area contributed by atoms with Crippen LogP contribution in [0.5, 0.6) is 5.75 Å². The van der Waals surface area contributed by atoms with Gasteiger partial charge in [0.05, 0.1) is 29.4 Å². The van der Waals surface area contributed by atoms with Gasteiger partial charge in [-0.05, 0) is 50.6 Å². The van der Waals surface area contributed by atoms with Crippen LogP contribution in [0.3, 0.4) is 0 Å². The lowest BCUT2D eigenvalue weighted by Crippen LogP contribution is -2.31. The second-order valence-corrected chi connectivity index (χ2v) is 8.35. The van der Waals surface area contributed by atoms with Crippen molar-refractivity contribution in [3.8, 4) is 5.75 Å². The Bertz CT molecular complexity index is 996. The van der Waals surface area contributed by atoms with Gasteiger partial charge in [0.1, 0.15) is 5.75 Å². The first-order valence-electron chi connectivity index (χ1n) is 9.30. The maximum absolute atomic E-state index is 5.66. The van der Waals surface area contributed by atoms with Gasteiger partial charge in [0, 0.05) is 30.2 Å². The van der Waals surface area contributed by atoms with Crippen molar-refractivity contribution in [3.05, 3.63) is 45.9 Å². The lowest BCUT2D eigenvalue weighted by molar-refractivity contribution is 0.397. The molecule has 1 aromatic heterocycles. The molecule has 0 atom stereocenters. The van der Waals surface area contributed by atoms with E-state index in [4.69, 9.17) is 15.5 Å². The molecule has 0 spiro atoms. The van der Waals surface area contributed by atoms with E-state index in [1.54, 1.807) is 7.11 Å². The Morgan fingerprint density at radius 1 is 1.29 bits per heavy atom. The maximum atomic E-state index is 5.66. The highest BCUT2D eigenvalue weighted by molar-refractivity contribution is 9.10. The van der Waals surface area contributed by atoms with E-state index in [1.165, 1.54) is 0 Å². The number of hydrogen-bond donors (Lipinski definition) is 3. The molecule has 0 fully saturated rings. The molecule has 0 aliphatic heterocycles. The minimum absolute atomic E-state index is 0.393. The van der Waals surface area contributed by atoms with Crippen LogP contribution in [0.25, 0.3) is 11.0 Å². The van der Waals surface area contributed by atoms with Crippen LogP contribution < -0.4 is 21.1 Å². The summed E-state index contributed by atoms with van der Waals surface area (Å²) in [6.07, 6.45) is 0. The van der Waals surface area contributed by atoms with Crippen LogP contribution in [-0.4, -0.2) is 29.8 Å². The van der Waals surface area contributed by atoms with E-state index in [0.717, 1.165) is 44.0 Å². The minimum Gasteiger partial charge on any atom is -0.496 e. The molecule has 28 heavy (non-hydrogen) atoms. The van der Waals surface area contributed by atoms with Crippen LogP contribution in [0.4, 0.5) is 11.6 Å². The van der Waals surface area contributed by atoms with Gasteiger partial charge in [-0.3, -0.25) is 0 Å². The Hall–Kier alpha value is -2.25. The molecule has 0 saturated carbocycles. The second kappa shape index (κ2) is 8.01. The zero-order chi connectivity index (χ0) is 20.5. The van der Waals surface area contributed by atoms with Gasteiger partial charge in [-0.1, -0.05) is 22.0 Å². The third-order valence-electron chi connectivity index (χ3n) is 4.89. The van der Waals surface area contributed by atoms with Crippen molar-refractivity contribution in [2.45, 2.75) is 26.3 Å². The molecular formula is C21H28BrN5O. The molecule has 0 unspecified atom stereocenters. The molecular weight excluding hydrogens is 418 g/mol. The summed E-state index contributed by atoms with van der Waals surface area (Å²) in [6, 6.07) is 10.2. The highest BCUT2D eigenvalue weighted by Crippen LogP contribution is 2.38. The predicted octanol–water partition coefficient (Wildman–Crippen LogP) is 4.37. The zero-order valence-electron chi connectivity index (χ0n) is 17.1. The lowest BCUT2D eigenvalue weighted by atomic mass is 9.89. The smallest absolute Gasteiger partial charge is 0.204 e. The monoisotopic (exact) mass is 445 g/mol. The SMILES string of the molecule is COc1cc(Br)cc(C)c1C(C)(C)Nc1nc2cccc(NCCN)c2n1C. The highest BCUT2D eigenvalue weighted by atomic mass is 79.9. The molecule has 7 heteroatoms. The van der Waals surface area contributed by atoms with E-state index < -0.39 is 5.54 Å². The molecule has 3 rings (SSSR count). The number of imidazole rings is 1. The average Bonchev–Trinajstić information content (AvgIpc) is 2.94. The largest absolute Gasteiger partial charge is 0.496 e. The van der Waals surface area contributed by atoms with E-state index in [9.17, 15) is 0 Å². The normalized spacial score (nSPS) is 11.7. The van der Waals surface area contributed by atoms with Crippen molar-refractivity contribution < 1.29 is 4.74 Å². The number of fused-ring (bicyclic) bond motifs is 1. The number of aromatic nitrogens is 2. The van der Waals surface area contributed by atoms with Crippen molar-refractivity contribution in [3.63, 3.8) is 0 Å². The Kier molecular flexibility index (Phi) is 5.86. The Morgan fingerprint density at radius 3 is 2.71 bits per heavy atom. The Morgan fingerprint density at radius 2 is 2.04 bits per heavy atom. The number of nitrogens with two attached hydrogens (primary N) is 1. The minimum atomic E-state index is -0.393. The van der Waals surface area contributed by atoms with E-state index >= 15 is 0 Å². The van der Waals surface area contributed by atoms with E-state index in [-0.39, 0.29) is 0 Å². The first-order valence-corrected chi connectivity index (χ1v) is 10.1. The highest BCUT2D eigenvalue weighted by Gasteiger charge is 2.28. The third-order valence-corrected chi connectivity index (χ3v) is 5.35. The molecule has 0 amide bonds. The van der Waals surface area contributed by atoms with Crippen molar-refractivity contribution in [1.29, 1.82) is 0 Å². The molecule has 4 N–H and O–H groups in total. The molecule has 0 aliphatic carbocycles. The van der Waals surface area contributed by atoms with Crippen molar-refractivity contribution in [1.82, 2.24) is 9.55 Å². The summed E-state index contributed by atoms with van der Waals surface area (Å²) in [5, 5.41) is 7.00. The molecule has 150 valence electrons. The van der Waals surface area contributed by atoms with Crippen LogP contribution in [0.1, 0.15) is 25.0 Å². The van der Waals surface area contributed by atoms with Gasteiger partial charge < -0.3 is 25.7 Å². The van der Waals surface area contributed by atoms with Crippen molar-refractivity contribution in [2.24, 2.45) is 12.8 Å². The van der Waals surface area contributed by atoms with Crippen LogP contribution >= 0.6 is 15.9 Å². The van der Waals surface area contributed by atoms with Gasteiger partial charge >= 0.3 is 0 Å². The number of nitrogens with zero attached hydrogens (tertiary/aromatic N) is 2. The Balaban J connectivity index is 2.04. The fraction of sp³-hybridized carbons (Fsp3) is 0.381. The standard InChI is InChI=1S/C21H28BrN5O/c1-13-11-14(22)12-17(28-5)18(13)21(2,3)26-20-25-16-8-6-7-15(24-10-9-23)19(16)27(20)4/h6-8,11-12,24H,9-10,23H2,1-5H3,(H,25,26). The molecule has 6 nitrogen and oxygen atoms in total. The molecule has 0 radical (unpaired) electrons. The number of anilines is 2. The summed E-state index contributed by atoms with van der Waals surface area (Å²) in [5.74, 6) is 1.64. The van der Waals surface area contributed by atoms with Crippen molar-refractivity contribution >= 4 is 38.6 Å². The lowest BCUT2D eigenvalue weighted by Gasteiger charge is -2.31. The Labute approximate surface area is 174 Å². The summed E-state index contributed by atoms with van der Waals surface area (Å²) >= 11 is 3.55. The first kappa shape index (κ1) is 20.5. The van der Waals surface area contributed by atoms with Gasteiger partial charge in [-0.15, -0.1) is 0 Å². The van der Waals surface area contributed by atoms with Crippen LogP contribution in [0, 0.1) is 6.92 Å². The predicted molar refractivity (Wildman–Crippen MR) is 120 cm³/mol. The average molecular weight is 446 g/mol. The fourth-order valence-corrected chi connectivity index (χ4v) is 4.30. The number of hydrogen-bond acceptors (Lipinski definition) is 5.